The molecule has 0 radical (unpaired) electrons. The summed E-state index contributed by atoms with van der Waals surface area (Å²) in [6.45, 7) is 8.17. The fourth-order valence-electron chi connectivity index (χ4n) is 3.78. The van der Waals surface area contributed by atoms with E-state index in [-0.39, 0.29) is 12.1 Å². The molecule has 1 aromatic heterocycles. The molecule has 1 saturated heterocycles. The predicted molar refractivity (Wildman–Crippen MR) is 87.8 cm³/mol. The second kappa shape index (κ2) is 7.55. The van der Waals surface area contributed by atoms with Crippen molar-refractivity contribution < 1.29 is 9.52 Å². The number of aromatic nitrogens is 2. The summed E-state index contributed by atoms with van der Waals surface area (Å²) in [6, 6.07) is 0.145. The molecule has 1 aliphatic carbocycles. The van der Waals surface area contributed by atoms with Crippen molar-refractivity contribution in [2.75, 3.05) is 26.2 Å². The maximum atomic E-state index is 10.5. The molecular formula is C17H28N4O2. The second-order valence-corrected chi connectivity index (χ2v) is 6.78. The summed E-state index contributed by atoms with van der Waals surface area (Å²) in [7, 11) is 0. The van der Waals surface area contributed by atoms with E-state index in [1.165, 1.54) is 19.3 Å². The highest BCUT2D eigenvalue weighted by atomic mass is 16.4. The van der Waals surface area contributed by atoms with Crippen LogP contribution >= 0.6 is 0 Å². The summed E-state index contributed by atoms with van der Waals surface area (Å²) >= 11 is 0. The monoisotopic (exact) mass is 320 g/mol. The largest absolute Gasteiger partial charge is 0.424 e. The molecule has 3 atom stereocenters. The number of likely N-dealkylation sites (tertiary alicyclic amines) is 1. The number of likely N-dealkylation sites (N-methyl/N-ethyl adjacent to an activating group) is 1. The van der Waals surface area contributed by atoms with Gasteiger partial charge in [0.2, 0.25) is 11.8 Å². The number of hydrogen-bond acceptors (Lipinski definition) is 6. The maximum absolute atomic E-state index is 10.5. The van der Waals surface area contributed by atoms with Gasteiger partial charge in [0.1, 0.15) is 0 Å². The molecule has 6 nitrogen and oxygen atoms in total. The molecule has 2 aliphatic rings. The van der Waals surface area contributed by atoms with Gasteiger partial charge >= 0.3 is 0 Å². The summed E-state index contributed by atoms with van der Waals surface area (Å²) in [5.74, 6) is 1.96. The Morgan fingerprint density at radius 2 is 2.22 bits per heavy atom. The van der Waals surface area contributed by atoms with Crippen LogP contribution in [-0.4, -0.2) is 63.4 Å². The Labute approximate surface area is 138 Å². The van der Waals surface area contributed by atoms with Crippen LogP contribution in [0.4, 0.5) is 0 Å². The highest BCUT2D eigenvalue weighted by Gasteiger charge is 2.36. The fraction of sp³-hybridized carbons (Fsp3) is 0.765. The zero-order valence-electron chi connectivity index (χ0n) is 14.2. The van der Waals surface area contributed by atoms with Gasteiger partial charge in [0, 0.05) is 26.6 Å². The van der Waals surface area contributed by atoms with E-state index in [0.717, 1.165) is 32.1 Å². The Kier molecular flexibility index (Phi) is 5.46. The van der Waals surface area contributed by atoms with E-state index in [4.69, 9.17) is 4.42 Å². The number of allylic oxidation sites excluding steroid dienone is 2. The van der Waals surface area contributed by atoms with Crippen molar-refractivity contribution >= 4 is 0 Å². The Bertz CT molecular complexity index is 530. The molecule has 1 N–H and O–H groups in total. The van der Waals surface area contributed by atoms with E-state index in [2.05, 4.69) is 39.1 Å². The zero-order valence-corrected chi connectivity index (χ0v) is 14.2. The molecule has 128 valence electrons. The molecule has 0 saturated carbocycles. The zero-order chi connectivity index (χ0) is 16.2. The van der Waals surface area contributed by atoms with Crippen LogP contribution in [0.2, 0.25) is 0 Å². The van der Waals surface area contributed by atoms with Gasteiger partial charge in [-0.25, -0.2) is 0 Å². The Balaban J connectivity index is 1.56. The topological polar surface area (TPSA) is 65.6 Å². The predicted octanol–water partition coefficient (Wildman–Crippen LogP) is 1.60. The van der Waals surface area contributed by atoms with Crippen LogP contribution in [0, 0.1) is 12.8 Å². The molecule has 1 aliphatic heterocycles. The van der Waals surface area contributed by atoms with Gasteiger partial charge in [-0.05, 0) is 31.7 Å². The molecule has 3 rings (SSSR count). The van der Waals surface area contributed by atoms with E-state index in [1.807, 2.05) is 0 Å². The molecule has 0 spiro atoms. The van der Waals surface area contributed by atoms with Crippen LogP contribution in [-0.2, 0) is 6.54 Å². The van der Waals surface area contributed by atoms with E-state index < -0.39 is 0 Å². The molecule has 1 fully saturated rings. The molecule has 6 heteroatoms. The fourth-order valence-corrected chi connectivity index (χ4v) is 3.78. The Hall–Kier alpha value is -1.24. The number of β-amino-alcohol motifs (C(OH)–C–C–N with tert-alkyl or cyclic N) is 1. The van der Waals surface area contributed by atoms with Crippen molar-refractivity contribution in [1.29, 1.82) is 0 Å². The lowest BCUT2D eigenvalue weighted by molar-refractivity contribution is 0.0760. The summed E-state index contributed by atoms with van der Waals surface area (Å²) in [4.78, 5) is 4.67. The summed E-state index contributed by atoms with van der Waals surface area (Å²) < 4.78 is 5.49. The number of aliphatic hydroxyl groups excluding tert-OH is 1. The minimum Gasteiger partial charge on any atom is -0.424 e. The highest BCUT2D eigenvalue weighted by molar-refractivity contribution is 4.95. The van der Waals surface area contributed by atoms with Gasteiger partial charge in [0.05, 0.1) is 18.7 Å². The molecular weight excluding hydrogens is 292 g/mol. The molecule has 0 aromatic carbocycles. The van der Waals surface area contributed by atoms with Crippen LogP contribution in [0.15, 0.2) is 16.6 Å². The third kappa shape index (κ3) is 4.19. The minimum absolute atomic E-state index is 0.145. The van der Waals surface area contributed by atoms with Crippen molar-refractivity contribution in [3.63, 3.8) is 0 Å². The average molecular weight is 320 g/mol. The lowest BCUT2D eigenvalue weighted by Gasteiger charge is -2.28. The first-order valence-electron chi connectivity index (χ1n) is 8.74. The number of nitrogens with zero attached hydrogens (tertiary/aromatic N) is 4. The standard InChI is InChI=1S/C17H28N4O2/c1-3-21(12-17-19-18-13(2)23-17)15-10-20(11-16(15)22)9-14-7-5-4-6-8-14/h4-5,14-16,22H,3,6-12H2,1-2H3/t14-,15+,16+/m0/s1. The van der Waals surface area contributed by atoms with Crippen molar-refractivity contribution in [3.8, 4) is 0 Å². The number of aryl methyl sites for hydroxylation is 1. The summed E-state index contributed by atoms with van der Waals surface area (Å²) in [5, 5.41) is 18.5. The second-order valence-electron chi connectivity index (χ2n) is 6.78. The van der Waals surface area contributed by atoms with Gasteiger partial charge in [-0.3, -0.25) is 9.80 Å². The van der Waals surface area contributed by atoms with Crippen molar-refractivity contribution in [3.05, 3.63) is 23.9 Å². The lowest BCUT2D eigenvalue weighted by Crippen LogP contribution is -2.43. The molecule has 2 heterocycles. The normalized spacial score (nSPS) is 28.8. The average Bonchev–Trinajstić information content (AvgIpc) is 3.11. The van der Waals surface area contributed by atoms with E-state index in [0.29, 0.717) is 18.3 Å². The number of aliphatic hydroxyl groups is 1. The van der Waals surface area contributed by atoms with Crippen LogP contribution in [0.1, 0.15) is 38.0 Å². The quantitative estimate of drug-likeness (QED) is 0.803. The van der Waals surface area contributed by atoms with Crippen LogP contribution in [0.25, 0.3) is 0 Å². The smallest absolute Gasteiger partial charge is 0.230 e. The molecule has 0 bridgehead atoms. The van der Waals surface area contributed by atoms with E-state index in [9.17, 15) is 5.11 Å². The Morgan fingerprint density at radius 1 is 1.35 bits per heavy atom. The summed E-state index contributed by atoms with van der Waals surface area (Å²) in [6.07, 6.45) is 7.92. The highest BCUT2D eigenvalue weighted by Crippen LogP contribution is 2.24. The third-order valence-electron chi connectivity index (χ3n) is 5.01. The first kappa shape index (κ1) is 16.6. The molecule has 0 unspecified atom stereocenters. The SMILES string of the molecule is CCN(Cc1nnc(C)o1)[C@@H]1CN(C[C@H]2CC=CCC2)C[C@H]1O. The van der Waals surface area contributed by atoms with Crippen molar-refractivity contribution in [2.24, 2.45) is 5.92 Å². The van der Waals surface area contributed by atoms with Gasteiger partial charge in [0.25, 0.3) is 0 Å². The van der Waals surface area contributed by atoms with Gasteiger partial charge in [-0.1, -0.05) is 19.1 Å². The van der Waals surface area contributed by atoms with E-state index >= 15 is 0 Å². The molecule has 0 amide bonds. The minimum atomic E-state index is -0.307. The van der Waals surface area contributed by atoms with Crippen molar-refractivity contribution in [2.45, 2.75) is 51.8 Å². The van der Waals surface area contributed by atoms with Gasteiger partial charge in [0.15, 0.2) is 0 Å². The summed E-state index contributed by atoms with van der Waals surface area (Å²) in [5.41, 5.74) is 0. The van der Waals surface area contributed by atoms with Gasteiger partial charge in [-0.2, -0.15) is 0 Å². The van der Waals surface area contributed by atoms with Crippen LogP contribution in [0.5, 0.6) is 0 Å². The van der Waals surface area contributed by atoms with Crippen LogP contribution < -0.4 is 0 Å². The van der Waals surface area contributed by atoms with Gasteiger partial charge < -0.3 is 9.52 Å². The number of rotatable bonds is 6. The maximum Gasteiger partial charge on any atom is 0.230 e. The molecule has 23 heavy (non-hydrogen) atoms. The number of hydrogen-bond donors (Lipinski definition) is 1. The van der Waals surface area contributed by atoms with E-state index in [1.54, 1.807) is 6.92 Å². The van der Waals surface area contributed by atoms with Gasteiger partial charge in [-0.15, -0.1) is 10.2 Å². The first-order valence-corrected chi connectivity index (χ1v) is 8.74. The molecule has 1 aromatic rings. The van der Waals surface area contributed by atoms with Crippen molar-refractivity contribution in [1.82, 2.24) is 20.0 Å². The van der Waals surface area contributed by atoms with Crippen LogP contribution in [0.3, 0.4) is 0 Å². The Morgan fingerprint density at radius 3 is 2.87 bits per heavy atom. The lowest BCUT2D eigenvalue weighted by atomic mass is 9.94. The third-order valence-corrected chi connectivity index (χ3v) is 5.01. The first-order chi connectivity index (χ1) is 11.2.